The lowest BCUT2D eigenvalue weighted by atomic mass is 10.2. The van der Waals surface area contributed by atoms with E-state index >= 15 is 0 Å². The average molecular weight is 241 g/mol. The van der Waals surface area contributed by atoms with Crippen molar-refractivity contribution < 1.29 is 4.79 Å². The number of rotatable bonds is 4. The molecular weight excluding hydrogens is 226 g/mol. The molecule has 0 aliphatic heterocycles. The van der Waals surface area contributed by atoms with Crippen molar-refractivity contribution in [2.75, 3.05) is 6.54 Å². The largest absolute Gasteiger partial charge is 0.352 e. The Morgan fingerprint density at radius 3 is 2.87 bits per heavy atom. The van der Waals surface area contributed by atoms with Crippen LogP contribution in [0.3, 0.4) is 0 Å². The van der Waals surface area contributed by atoms with E-state index in [1.807, 2.05) is 24.3 Å². The van der Waals surface area contributed by atoms with Gasteiger partial charge >= 0.3 is 0 Å². The van der Waals surface area contributed by atoms with E-state index in [0.717, 1.165) is 4.90 Å². The Morgan fingerprint density at radius 1 is 1.53 bits per heavy atom. The van der Waals surface area contributed by atoms with Crippen LogP contribution in [0.15, 0.2) is 29.2 Å². The fraction of sp³-hybridized carbons (Fsp3) is 0.364. The van der Waals surface area contributed by atoms with Crippen molar-refractivity contribution in [2.45, 2.75) is 18.7 Å². The van der Waals surface area contributed by atoms with E-state index in [-0.39, 0.29) is 5.91 Å². The Balaban J connectivity index is 2.65. The zero-order valence-corrected chi connectivity index (χ0v) is 10.6. The van der Waals surface area contributed by atoms with E-state index < -0.39 is 0 Å². The Labute approximate surface area is 99.6 Å². The highest BCUT2D eigenvalue weighted by atomic mass is 33.1. The van der Waals surface area contributed by atoms with Crippen molar-refractivity contribution in [1.82, 2.24) is 5.32 Å². The van der Waals surface area contributed by atoms with Crippen LogP contribution >= 0.6 is 22.5 Å². The Bertz CT molecular complexity index is 339. The van der Waals surface area contributed by atoms with Crippen molar-refractivity contribution in [1.29, 1.82) is 0 Å². The second kappa shape index (κ2) is 6.08. The van der Waals surface area contributed by atoms with Gasteiger partial charge in [0.2, 0.25) is 0 Å². The molecule has 82 valence electrons. The minimum absolute atomic E-state index is 0.0204. The van der Waals surface area contributed by atoms with Gasteiger partial charge in [-0.2, -0.15) is 0 Å². The Hall–Kier alpha value is -0.610. The molecule has 0 saturated carbocycles. The van der Waals surface area contributed by atoms with Gasteiger partial charge in [0.25, 0.3) is 5.91 Å². The van der Waals surface area contributed by atoms with Gasteiger partial charge in [0.1, 0.15) is 0 Å². The third kappa shape index (κ3) is 4.18. The maximum absolute atomic E-state index is 11.7. The topological polar surface area (TPSA) is 29.1 Å². The molecule has 1 rings (SSSR count). The SMILES string of the molecule is CC(C)CNC(=O)c1cccc(SS)c1. The molecule has 0 radical (unpaired) electrons. The highest BCUT2D eigenvalue weighted by Crippen LogP contribution is 2.21. The number of carbonyl (C=O) groups excluding carboxylic acids is 1. The monoisotopic (exact) mass is 241 g/mol. The summed E-state index contributed by atoms with van der Waals surface area (Å²) in [7, 11) is 1.34. The van der Waals surface area contributed by atoms with Gasteiger partial charge in [-0.15, -0.1) is 11.7 Å². The lowest BCUT2D eigenvalue weighted by Crippen LogP contribution is -2.27. The number of benzene rings is 1. The summed E-state index contributed by atoms with van der Waals surface area (Å²) in [5.74, 6) is 0.448. The lowest BCUT2D eigenvalue weighted by molar-refractivity contribution is 0.0949. The predicted octanol–water partition coefficient (Wildman–Crippen LogP) is 3.01. The third-order valence-corrected chi connectivity index (χ3v) is 2.97. The number of carbonyl (C=O) groups is 1. The molecule has 1 aromatic rings. The Kier molecular flexibility index (Phi) is 5.05. The van der Waals surface area contributed by atoms with E-state index in [9.17, 15) is 4.79 Å². The number of thiol groups is 1. The summed E-state index contributed by atoms with van der Waals surface area (Å²) in [5, 5.41) is 2.88. The predicted molar refractivity (Wildman–Crippen MR) is 68.5 cm³/mol. The molecule has 0 bridgehead atoms. The van der Waals surface area contributed by atoms with Crippen LogP contribution in [0, 0.1) is 5.92 Å². The highest BCUT2D eigenvalue weighted by Gasteiger charge is 2.05. The van der Waals surface area contributed by atoms with Crippen LogP contribution in [0.1, 0.15) is 24.2 Å². The van der Waals surface area contributed by atoms with Crippen molar-refractivity contribution in [3.05, 3.63) is 29.8 Å². The number of amides is 1. The summed E-state index contributed by atoms with van der Waals surface area (Å²) in [6, 6.07) is 7.44. The van der Waals surface area contributed by atoms with Crippen molar-refractivity contribution in [3.8, 4) is 0 Å². The fourth-order valence-corrected chi connectivity index (χ4v) is 1.75. The van der Waals surface area contributed by atoms with Crippen molar-refractivity contribution >= 4 is 28.4 Å². The summed E-state index contributed by atoms with van der Waals surface area (Å²) in [4.78, 5) is 12.7. The van der Waals surface area contributed by atoms with Crippen LogP contribution in [-0.2, 0) is 0 Å². The molecule has 15 heavy (non-hydrogen) atoms. The van der Waals surface area contributed by atoms with Gasteiger partial charge in [-0.25, -0.2) is 0 Å². The van der Waals surface area contributed by atoms with Gasteiger partial charge in [0, 0.05) is 17.0 Å². The molecule has 1 N–H and O–H groups in total. The molecule has 0 atom stereocenters. The van der Waals surface area contributed by atoms with Gasteiger partial charge in [0.05, 0.1) is 0 Å². The molecule has 0 aliphatic carbocycles. The van der Waals surface area contributed by atoms with E-state index in [4.69, 9.17) is 0 Å². The minimum atomic E-state index is -0.0204. The highest BCUT2D eigenvalue weighted by molar-refractivity contribution is 8.68. The first-order valence-corrected chi connectivity index (χ1v) is 6.70. The standard InChI is InChI=1S/C11H15NOS2/c1-8(2)7-12-11(13)9-4-3-5-10(6-9)15-14/h3-6,8,14H,7H2,1-2H3,(H,12,13). The van der Waals surface area contributed by atoms with E-state index in [2.05, 4.69) is 30.8 Å². The number of hydrogen-bond acceptors (Lipinski definition) is 3. The van der Waals surface area contributed by atoms with Crippen LogP contribution in [-0.4, -0.2) is 12.5 Å². The molecule has 0 aromatic heterocycles. The van der Waals surface area contributed by atoms with Crippen LogP contribution in [0.5, 0.6) is 0 Å². The number of hydrogen-bond donors (Lipinski definition) is 2. The second-order valence-corrected chi connectivity index (χ2v) is 4.92. The molecule has 1 aromatic carbocycles. The maximum Gasteiger partial charge on any atom is 0.251 e. The molecular formula is C11H15NOS2. The normalized spacial score (nSPS) is 10.4. The third-order valence-electron chi connectivity index (χ3n) is 1.87. The van der Waals surface area contributed by atoms with E-state index in [0.29, 0.717) is 18.0 Å². The smallest absolute Gasteiger partial charge is 0.251 e. The van der Waals surface area contributed by atoms with Crippen LogP contribution < -0.4 is 5.32 Å². The van der Waals surface area contributed by atoms with Crippen LogP contribution in [0.2, 0.25) is 0 Å². The fourth-order valence-electron chi connectivity index (χ4n) is 1.09. The van der Waals surface area contributed by atoms with E-state index in [1.54, 1.807) is 0 Å². The summed E-state index contributed by atoms with van der Waals surface area (Å²) in [6.07, 6.45) is 0. The average Bonchev–Trinajstić information content (AvgIpc) is 2.26. The summed E-state index contributed by atoms with van der Waals surface area (Å²) in [6.45, 7) is 4.84. The van der Waals surface area contributed by atoms with Crippen molar-refractivity contribution in [3.63, 3.8) is 0 Å². The summed E-state index contributed by atoms with van der Waals surface area (Å²) >= 11 is 4.10. The molecule has 0 saturated heterocycles. The molecule has 2 nitrogen and oxygen atoms in total. The lowest BCUT2D eigenvalue weighted by Gasteiger charge is -2.07. The van der Waals surface area contributed by atoms with Gasteiger partial charge in [0.15, 0.2) is 0 Å². The first-order valence-electron chi connectivity index (χ1n) is 4.83. The van der Waals surface area contributed by atoms with Gasteiger partial charge in [-0.3, -0.25) is 4.79 Å². The van der Waals surface area contributed by atoms with Gasteiger partial charge in [-0.05, 0) is 24.1 Å². The summed E-state index contributed by atoms with van der Waals surface area (Å²) in [5.41, 5.74) is 0.690. The van der Waals surface area contributed by atoms with Crippen LogP contribution in [0.25, 0.3) is 0 Å². The van der Waals surface area contributed by atoms with Crippen molar-refractivity contribution in [2.24, 2.45) is 5.92 Å². The van der Waals surface area contributed by atoms with Crippen LogP contribution in [0.4, 0.5) is 0 Å². The molecule has 0 unspecified atom stereocenters. The minimum Gasteiger partial charge on any atom is -0.352 e. The Morgan fingerprint density at radius 2 is 2.27 bits per heavy atom. The molecule has 0 fully saturated rings. The molecule has 0 heterocycles. The zero-order valence-electron chi connectivity index (χ0n) is 8.86. The summed E-state index contributed by atoms with van der Waals surface area (Å²) < 4.78 is 0. The molecule has 0 aliphatic rings. The van der Waals surface area contributed by atoms with Gasteiger partial charge < -0.3 is 5.32 Å². The first-order chi connectivity index (χ1) is 7.13. The first kappa shape index (κ1) is 12.5. The number of nitrogens with one attached hydrogen (secondary N) is 1. The molecule has 4 heteroatoms. The molecule has 1 amide bonds. The second-order valence-electron chi connectivity index (χ2n) is 3.72. The maximum atomic E-state index is 11.7. The quantitative estimate of drug-likeness (QED) is 0.627. The van der Waals surface area contributed by atoms with E-state index in [1.165, 1.54) is 10.8 Å². The zero-order chi connectivity index (χ0) is 11.3. The van der Waals surface area contributed by atoms with Gasteiger partial charge in [-0.1, -0.05) is 30.7 Å². The molecule has 0 spiro atoms.